The van der Waals surface area contributed by atoms with E-state index in [-0.39, 0.29) is 0 Å². The predicted octanol–water partition coefficient (Wildman–Crippen LogP) is 4.47. The Morgan fingerprint density at radius 1 is 1.08 bits per heavy atom. The van der Waals surface area contributed by atoms with E-state index in [1.807, 2.05) is 0 Å². The molecule has 0 spiro atoms. The molecule has 0 bridgehead atoms. The van der Waals surface area contributed by atoms with Gasteiger partial charge < -0.3 is 0 Å². The van der Waals surface area contributed by atoms with Gasteiger partial charge >= 0.3 is 0 Å². The highest BCUT2D eigenvalue weighted by Gasteiger charge is 2.05. The van der Waals surface area contributed by atoms with Crippen LogP contribution < -0.4 is 0 Å². The largest absolute Gasteiger partial charge is 0.126 e. The summed E-state index contributed by atoms with van der Waals surface area (Å²) in [6.07, 6.45) is 6.63. The number of halogens is 1. The molecule has 0 aliphatic heterocycles. The average molecular weight is 191 g/mol. The minimum Gasteiger partial charge on any atom is -0.126 e. The second-order valence-corrected chi connectivity index (χ2v) is 4.44. The molecular weight excluding hydrogens is 168 g/mol. The Bertz CT molecular complexity index is 89.0. The van der Waals surface area contributed by atoms with Crippen molar-refractivity contribution in [2.45, 2.75) is 52.9 Å². The molecule has 0 fully saturated rings. The van der Waals surface area contributed by atoms with Crippen LogP contribution in [0.15, 0.2) is 0 Å². The summed E-state index contributed by atoms with van der Waals surface area (Å²) in [7, 11) is 0. The van der Waals surface area contributed by atoms with E-state index >= 15 is 0 Å². The Hall–Kier alpha value is 0.290. The zero-order chi connectivity index (χ0) is 9.40. The van der Waals surface area contributed by atoms with Gasteiger partial charge in [0.2, 0.25) is 0 Å². The molecular formula is C11H23Cl. The van der Waals surface area contributed by atoms with E-state index in [1.54, 1.807) is 0 Å². The molecule has 0 rings (SSSR count). The fourth-order valence-corrected chi connectivity index (χ4v) is 1.83. The Morgan fingerprint density at radius 3 is 2.17 bits per heavy atom. The van der Waals surface area contributed by atoms with Crippen molar-refractivity contribution < 1.29 is 0 Å². The molecule has 0 aromatic heterocycles. The number of hydrogen-bond donors (Lipinski definition) is 0. The Kier molecular flexibility index (Phi) is 8.11. The van der Waals surface area contributed by atoms with Gasteiger partial charge in [0, 0.05) is 5.88 Å². The molecule has 0 aromatic carbocycles. The van der Waals surface area contributed by atoms with Gasteiger partial charge in [0.25, 0.3) is 0 Å². The summed E-state index contributed by atoms with van der Waals surface area (Å²) in [5.41, 5.74) is 0. The van der Waals surface area contributed by atoms with Crippen LogP contribution in [0.3, 0.4) is 0 Å². The summed E-state index contributed by atoms with van der Waals surface area (Å²) in [5.74, 6) is 2.48. The molecule has 74 valence electrons. The van der Waals surface area contributed by atoms with Gasteiger partial charge in [0.15, 0.2) is 0 Å². The van der Waals surface area contributed by atoms with Gasteiger partial charge in [-0.2, -0.15) is 0 Å². The van der Waals surface area contributed by atoms with Crippen molar-refractivity contribution in [3.05, 3.63) is 0 Å². The molecule has 0 amide bonds. The molecule has 0 saturated heterocycles. The lowest BCUT2D eigenvalue weighted by atomic mass is 9.96. The van der Waals surface area contributed by atoms with Crippen molar-refractivity contribution in [1.29, 1.82) is 0 Å². The topological polar surface area (TPSA) is 0 Å². The van der Waals surface area contributed by atoms with E-state index in [4.69, 9.17) is 11.6 Å². The fourth-order valence-electron chi connectivity index (χ4n) is 1.52. The van der Waals surface area contributed by atoms with Crippen molar-refractivity contribution in [3.63, 3.8) is 0 Å². The molecule has 0 saturated carbocycles. The minimum atomic E-state index is 0.774. The zero-order valence-electron chi connectivity index (χ0n) is 8.78. The molecule has 0 aliphatic carbocycles. The first-order chi connectivity index (χ1) is 5.70. The summed E-state index contributed by atoms with van der Waals surface area (Å²) >= 11 is 5.86. The molecule has 0 aromatic rings. The highest BCUT2D eigenvalue weighted by Crippen LogP contribution is 2.18. The van der Waals surface area contributed by atoms with E-state index in [9.17, 15) is 0 Å². The molecule has 0 N–H and O–H groups in total. The van der Waals surface area contributed by atoms with Crippen molar-refractivity contribution in [2.24, 2.45) is 11.8 Å². The maximum atomic E-state index is 5.86. The van der Waals surface area contributed by atoms with Crippen LogP contribution in [0.4, 0.5) is 0 Å². The van der Waals surface area contributed by atoms with Crippen molar-refractivity contribution in [1.82, 2.24) is 0 Å². The van der Waals surface area contributed by atoms with Gasteiger partial charge in [-0.15, -0.1) is 11.6 Å². The van der Waals surface area contributed by atoms with E-state index in [0.29, 0.717) is 0 Å². The van der Waals surface area contributed by atoms with Crippen LogP contribution in [0.25, 0.3) is 0 Å². The summed E-state index contributed by atoms with van der Waals surface area (Å²) in [6.45, 7) is 6.81. The number of hydrogen-bond acceptors (Lipinski definition) is 0. The molecule has 0 radical (unpaired) electrons. The molecule has 1 unspecified atom stereocenters. The van der Waals surface area contributed by atoms with Crippen LogP contribution in [-0.4, -0.2) is 5.88 Å². The van der Waals surface area contributed by atoms with Gasteiger partial charge in [0.1, 0.15) is 0 Å². The minimum absolute atomic E-state index is 0.774. The van der Waals surface area contributed by atoms with Gasteiger partial charge in [-0.3, -0.25) is 0 Å². The summed E-state index contributed by atoms with van der Waals surface area (Å²) in [6, 6.07) is 0. The van der Waals surface area contributed by atoms with Crippen LogP contribution in [0.5, 0.6) is 0 Å². The molecule has 1 heteroatoms. The summed E-state index contributed by atoms with van der Waals surface area (Å²) in [5, 5.41) is 0. The average Bonchev–Trinajstić information content (AvgIpc) is 2.02. The van der Waals surface area contributed by atoms with Crippen LogP contribution in [0, 0.1) is 11.8 Å². The van der Waals surface area contributed by atoms with E-state index in [1.165, 1.54) is 32.1 Å². The highest BCUT2D eigenvalue weighted by atomic mass is 35.5. The van der Waals surface area contributed by atoms with Crippen LogP contribution in [0.2, 0.25) is 0 Å². The molecule has 0 aliphatic rings. The van der Waals surface area contributed by atoms with E-state index in [0.717, 1.165) is 17.7 Å². The predicted molar refractivity (Wildman–Crippen MR) is 57.8 cm³/mol. The van der Waals surface area contributed by atoms with Crippen LogP contribution >= 0.6 is 11.6 Å². The van der Waals surface area contributed by atoms with Gasteiger partial charge in [-0.05, 0) is 24.7 Å². The van der Waals surface area contributed by atoms with E-state index in [2.05, 4.69) is 20.8 Å². The standard InChI is InChI=1S/C11H23Cl/c1-4-6-11(9-12)8-5-7-10(2)3/h10-11H,4-9H2,1-3H3. The first-order valence-electron chi connectivity index (χ1n) is 5.26. The zero-order valence-corrected chi connectivity index (χ0v) is 9.53. The SMILES string of the molecule is CCCC(CCl)CCCC(C)C. The van der Waals surface area contributed by atoms with Crippen molar-refractivity contribution >= 4 is 11.6 Å². The first-order valence-corrected chi connectivity index (χ1v) is 5.80. The molecule has 12 heavy (non-hydrogen) atoms. The lowest BCUT2D eigenvalue weighted by Crippen LogP contribution is -2.02. The van der Waals surface area contributed by atoms with Crippen LogP contribution in [0.1, 0.15) is 52.9 Å². The first kappa shape index (κ1) is 12.3. The van der Waals surface area contributed by atoms with Crippen molar-refractivity contribution in [3.8, 4) is 0 Å². The van der Waals surface area contributed by atoms with Gasteiger partial charge in [0.05, 0.1) is 0 Å². The summed E-state index contributed by atoms with van der Waals surface area (Å²) in [4.78, 5) is 0. The van der Waals surface area contributed by atoms with Gasteiger partial charge in [-0.1, -0.05) is 40.0 Å². The smallest absolute Gasteiger partial charge is 0.0251 e. The van der Waals surface area contributed by atoms with E-state index < -0.39 is 0 Å². The maximum absolute atomic E-state index is 5.86. The number of alkyl halides is 1. The Balaban J connectivity index is 3.31. The van der Waals surface area contributed by atoms with Crippen LogP contribution in [-0.2, 0) is 0 Å². The number of rotatable bonds is 7. The lowest BCUT2D eigenvalue weighted by Gasteiger charge is -2.12. The van der Waals surface area contributed by atoms with Gasteiger partial charge in [-0.25, -0.2) is 0 Å². The monoisotopic (exact) mass is 190 g/mol. The maximum Gasteiger partial charge on any atom is 0.0251 e. The molecule has 1 atom stereocenters. The highest BCUT2D eigenvalue weighted by molar-refractivity contribution is 6.18. The Morgan fingerprint density at radius 2 is 1.75 bits per heavy atom. The second-order valence-electron chi connectivity index (χ2n) is 4.13. The molecule has 0 nitrogen and oxygen atoms in total. The molecule has 0 heterocycles. The van der Waals surface area contributed by atoms with Crippen molar-refractivity contribution in [2.75, 3.05) is 5.88 Å². The third-order valence-corrected chi connectivity index (χ3v) is 2.75. The lowest BCUT2D eigenvalue weighted by molar-refractivity contribution is 0.437. The Labute approximate surface area is 82.7 Å². The normalized spacial score (nSPS) is 13.8. The second kappa shape index (κ2) is 7.91. The third kappa shape index (κ3) is 6.97. The summed E-state index contributed by atoms with van der Waals surface area (Å²) < 4.78 is 0. The fraction of sp³-hybridized carbons (Fsp3) is 1.00. The quantitative estimate of drug-likeness (QED) is 0.520. The third-order valence-electron chi connectivity index (χ3n) is 2.31.